The summed E-state index contributed by atoms with van der Waals surface area (Å²) in [5.74, 6) is 5.28. The zero-order valence-corrected chi connectivity index (χ0v) is 11.5. The minimum Gasteiger partial charge on any atom is -0.271 e. The Hall–Kier alpha value is -2.30. The van der Waals surface area contributed by atoms with Gasteiger partial charge in [0.05, 0.1) is 12.2 Å². The molecule has 0 aliphatic heterocycles. The van der Waals surface area contributed by atoms with E-state index in [0.717, 1.165) is 10.9 Å². The first-order chi connectivity index (χ1) is 10.3. The summed E-state index contributed by atoms with van der Waals surface area (Å²) >= 11 is 0. The molecule has 0 amide bonds. The highest BCUT2D eigenvalue weighted by atomic mass is 19.1. The number of rotatable bonds is 4. The minimum atomic E-state index is -0.347. The first-order valence-electron chi connectivity index (χ1n) is 6.82. The third-order valence-electron chi connectivity index (χ3n) is 3.68. The van der Waals surface area contributed by atoms with Crippen molar-refractivity contribution < 1.29 is 4.39 Å². The van der Waals surface area contributed by atoms with E-state index in [4.69, 9.17) is 5.84 Å². The first-order valence-corrected chi connectivity index (χ1v) is 6.82. The number of benzene rings is 2. The van der Waals surface area contributed by atoms with E-state index in [9.17, 15) is 4.39 Å². The summed E-state index contributed by atoms with van der Waals surface area (Å²) < 4.78 is 13.9. The predicted octanol–water partition coefficient (Wildman–Crippen LogP) is 3.12. The second kappa shape index (κ2) is 5.99. The van der Waals surface area contributed by atoms with Crippen molar-refractivity contribution in [1.29, 1.82) is 0 Å². The lowest BCUT2D eigenvalue weighted by Crippen LogP contribution is -2.30. The molecule has 1 unspecified atom stereocenters. The van der Waals surface area contributed by atoms with Crippen LogP contribution in [0.3, 0.4) is 0 Å². The fourth-order valence-corrected chi connectivity index (χ4v) is 2.62. The average molecular weight is 281 g/mol. The molecule has 2 aromatic carbocycles. The van der Waals surface area contributed by atoms with Gasteiger partial charge in [-0.1, -0.05) is 42.5 Å². The number of fused-ring (bicyclic) bond motifs is 1. The summed E-state index contributed by atoms with van der Waals surface area (Å²) in [6.07, 6.45) is 3.40. The SMILES string of the molecule is NNC(Cc1cccc2ccccc12)c1ccncc1F. The normalized spacial score (nSPS) is 12.5. The van der Waals surface area contributed by atoms with Gasteiger partial charge in [-0.15, -0.1) is 0 Å². The maximum Gasteiger partial charge on any atom is 0.146 e. The summed E-state index contributed by atoms with van der Waals surface area (Å²) in [6.45, 7) is 0. The van der Waals surface area contributed by atoms with Crippen LogP contribution in [0.25, 0.3) is 10.8 Å². The van der Waals surface area contributed by atoms with E-state index in [0.29, 0.717) is 12.0 Å². The molecule has 1 heterocycles. The van der Waals surface area contributed by atoms with Crippen molar-refractivity contribution in [2.24, 2.45) is 5.84 Å². The smallest absolute Gasteiger partial charge is 0.146 e. The predicted molar refractivity (Wildman–Crippen MR) is 81.9 cm³/mol. The highest BCUT2D eigenvalue weighted by Crippen LogP contribution is 2.25. The van der Waals surface area contributed by atoms with Gasteiger partial charge in [-0.3, -0.25) is 16.3 Å². The molecule has 0 fully saturated rings. The van der Waals surface area contributed by atoms with Gasteiger partial charge in [0.15, 0.2) is 0 Å². The number of hydrazine groups is 1. The number of pyridine rings is 1. The maximum absolute atomic E-state index is 13.9. The molecule has 0 radical (unpaired) electrons. The molecule has 0 bridgehead atoms. The van der Waals surface area contributed by atoms with E-state index >= 15 is 0 Å². The average Bonchev–Trinajstić information content (AvgIpc) is 2.53. The number of aromatic nitrogens is 1. The molecule has 0 saturated heterocycles. The van der Waals surface area contributed by atoms with E-state index in [-0.39, 0.29) is 11.9 Å². The van der Waals surface area contributed by atoms with Crippen molar-refractivity contribution in [2.45, 2.75) is 12.5 Å². The number of nitrogens with zero attached hydrogens (tertiary/aromatic N) is 1. The Kier molecular flexibility index (Phi) is 3.90. The molecule has 1 atom stereocenters. The third-order valence-corrected chi connectivity index (χ3v) is 3.68. The Morgan fingerprint density at radius 1 is 1.10 bits per heavy atom. The lowest BCUT2D eigenvalue weighted by Gasteiger charge is -2.18. The number of hydrogen-bond donors (Lipinski definition) is 2. The molecular formula is C17H16FN3. The molecule has 3 nitrogen and oxygen atoms in total. The van der Waals surface area contributed by atoms with E-state index in [1.54, 1.807) is 12.3 Å². The molecule has 3 aromatic rings. The molecule has 0 saturated carbocycles. The van der Waals surface area contributed by atoms with E-state index in [1.165, 1.54) is 11.6 Å². The minimum absolute atomic E-state index is 0.293. The fourth-order valence-electron chi connectivity index (χ4n) is 2.62. The van der Waals surface area contributed by atoms with Gasteiger partial charge in [-0.05, 0) is 28.8 Å². The summed E-state index contributed by atoms with van der Waals surface area (Å²) in [4.78, 5) is 3.77. The van der Waals surface area contributed by atoms with Gasteiger partial charge in [0.2, 0.25) is 0 Å². The molecule has 0 aliphatic rings. The van der Waals surface area contributed by atoms with Crippen LogP contribution in [0.5, 0.6) is 0 Å². The van der Waals surface area contributed by atoms with Crippen LogP contribution in [0, 0.1) is 5.82 Å². The van der Waals surface area contributed by atoms with Crippen molar-refractivity contribution in [1.82, 2.24) is 10.4 Å². The molecular weight excluding hydrogens is 265 g/mol. The molecule has 0 aliphatic carbocycles. The Balaban J connectivity index is 1.98. The number of halogens is 1. The van der Waals surface area contributed by atoms with Crippen LogP contribution in [-0.2, 0) is 6.42 Å². The quantitative estimate of drug-likeness (QED) is 0.570. The zero-order chi connectivity index (χ0) is 14.7. The van der Waals surface area contributed by atoms with E-state index < -0.39 is 0 Å². The Bertz CT molecular complexity index is 752. The Morgan fingerprint density at radius 2 is 1.90 bits per heavy atom. The van der Waals surface area contributed by atoms with Crippen LogP contribution in [-0.4, -0.2) is 4.98 Å². The lowest BCUT2D eigenvalue weighted by atomic mass is 9.95. The van der Waals surface area contributed by atoms with Gasteiger partial charge >= 0.3 is 0 Å². The second-order valence-corrected chi connectivity index (χ2v) is 4.96. The van der Waals surface area contributed by atoms with Gasteiger partial charge in [0.1, 0.15) is 5.82 Å². The number of hydrogen-bond acceptors (Lipinski definition) is 3. The van der Waals surface area contributed by atoms with Gasteiger partial charge in [-0.25, -0.2) is 4.39 Å². The second-order valence-electron chi connectivity index (χ2n) is 4.96. The summed E-state index contributed by atoms with van der Waals surface area (Å²) in [5.41, 5.74) is 4.36. The molecule has 3 rings (SSSR count). The standard InChI is InChI=1S/C17H16FN3/c18-16-11-20-9-8-15(16)17(21-19)10-13-6-3-5-12-4-1-2-7-14(12)13/h1-9,11,17,21H,10,19H2. The van der Waals surface area contributed by atoms with Crippen molar-refractivity contribution in [3.63, 3.8) is 0 Å². The number of nitrogens with one attached hydrogen (secondary N) is 1. The third kappa shape index (κ3) is 2.77. The molecule has 3 N–H and O–H groups in total. The van der Waals surface area contributed by atoms with Crippen molar-refractivity contribution in [3.8, 4) is 0 Å². The van der Waals surface area contributed by atoms with E-state index in [2.05, 4.69) is 28.6 Å². The Labute approximate surface area is 122 Å². The van der Waals surface area contributed by atoms with Gasteiger partial charge in [0.25, 0.3) is 0 Å². The summed E-state index contributed by atoms with van der Waals surface area (Å²) in [5, 5.41) is 2.33. The molecule has 1 aromatic heterocycles. The Morgan fingerprint density at radius 3 is 2.71 bits per heavy atom. The van der Waals surface area contributed by atoms with Gasteiger partial charge in [-0.2, -0.15) is 0 Å². The molecule has 21 heavy (non-hydrogen) atoms. The zero-order valence-electron chi connectivity index (χ0n) is 11.5. The topological polar surface area (TPSA) is 50.9 Å². The molecule has 4 heteroatoms. The van der Waals surface area contributed by atoms with Crippen LogP contribution >= 0.6 is 0 Å². The van der Waals surface area contributed by atoms with E-state index in [1.807, 2.05) is 24.3 Å². The number of nitrogens with two attached hydrogens (primary N) is 1. The monoisotopic (exact) mass is 281 g/mol. The summed E-state index contributed by atoms with van der Waals surface area (Å²) in [7, 11) is 0. The van der Waals surface area contributed by atoms with Crippen molar-refractivity contribution in [2.75, 3.05) is 0 Å². The van der Waals surface area contributed by atoms with Crippen LogP contribution < -0.4 is 11.3 Å². The largest absolute Gasteiger partial charge is 0.271 e. The fraction of sp³-hybridized carbons (Fsp3) is 0.118. The van der Waals surface area contributed by atoms with Crippen molar-refractivity contribution in [3.05, 3.63) is 77.9 Å². The van der Waals surface area contributed by atoms with Crippen LogP contribution in [0.4, 0.5) is 4.39 Å². The highest BCUT2D eigenvalue weighted by Gasteiger charge is 2.16. The highest BCUT2D eigenvalue weighted by molar-refractivity contribution is 5.85. The lowest BCUT2D eigenvalue weighted by molar-refractivity contribution is 0.509. The molecule has 106 valence electrons. The van der Waals surface area contributed by atoms with Gasteiger partial charge in [0, 0.05) is 11.8 Å². The molecule has 0 spiro atoms. The van der Waals surface area contributed by atoms with Crippen LogP contribution in [0.1, 0.15) is 17.2 Å². The van der Waals surface area contributed by atoms with Crippen molar-refractivity contribution >= 4 is 10.8 Å². The van der Waals surface area contributed by atoms with Crippen LogP contribution in [0.15, 0.2) is 60.9 Å². The summed E-state index contributed by atoms with van der Waals surface area (Å²) in [6, 6.07) is 15.6. The van der Waals surface area contributed by atoms with Gasteiger partial charge < -0.3 is 0 Å². The van der Waals surface area contributed by atoms with Crippen LogP contribution in [0.2, 0.25) is 0 Å². The first kappa shape index (κ1) is 13.7. The maximum atomic E-state index is 13.9.